The van der Waals surface area contributed by atoms with Crippen molar-refractivity contribution in [1.29, 1.82) is 0 Å². The summed E-state index contributed by atoms with van der Waals surface area (Å²) >= 11 is 2.09. The van der Waals surface area contributed by atoms with E-state index in [4.69, 9.17) is 4.74 Å². The van der Waals surface area contributed by atoms with Gasteiger partial charge in [0.25, 0.3) is 0 Å². The molecule has 0 aliphatic carbocycles. The van der Waals surface area contributed by atoms with Crippen molar-refractivity contribution in [1.82, 2.24) is 9.80 Å². The molecule has 3 heterocycles. The Bertz CT molecular complexity index is 547. The van der Waals surface area contributed by atoms with Crippen molar-refractivity contribution < 1.29 is 9.13 Å². The van der Waals surface area contributed by atoms with Gasteiger partial charge in [-0.2, -0.15) is 11.8 Å². The standard InChI is InChI=1S/C20H29FN2OS/c21-18-3-1-17(2-4-18)20(7-12-24-16-20)15-22-8-5-19(6-9-22)23-10-13-25-14-11-23/h1-4,19H,5-16H2. The predicted molar refractivity (Wildman–Crippen MR) is 102 cm³/mol. The lowest BCUT2D eigenvalue weighted by Gasteiger charge is -2.42. The second kappa shape index (κ2) is 7.95. The van der Waals surface area contributed by atoms with Crippen molar-refractivity contribution >= 4 is 11.8 Å². The minimum absolute atomic E-state index is 0.0439. The summed E-state index contributed by atoms with van der Waals surface area (Å²) in [4.78, 5) is 5.33. The van der Waals surface area contributed by atoms with E-state index in [0.717, 1.165) is 32.2 Å². The number of ether oxygens (including phenoxy) is 1. The molecule has 1 atom stereocenters. The summed E-state index contributed by atoms with van der Waals surface area (Å²) in [5, 5.41) is 0. The molecule has 0 amide bonds. The largest absolute Gasteiger partial charge is 0.380 e. The molecule has 4 rings (SSSR count). The van der Waals surface area contributed by atoms with Gasteiger partial charge in [0.05, 0.1) is 6.61 Å². The second-order valence-corrected chi connectivity index (χ2v) is 8.97. The normalized spacial score (nSPS) is 30.0. The molecule has 3 saturated heterocycles. The van der Waals surface area contributed by atoms with Crippen molar-refractivity contribution in [3.05, 3.63) is 35.6 Å². The molecule has 25 heavy (non-hydrogen) atoms. The van der Waals surface area contributed by atoms with Crippen LogP contribution in [0.2, 0.25) is 0 Å². The zero-order valence-electron chi connectivity index (χ0n) is 15.0. The molecule has 138 valence electrons. The third-order valence-electron chi connectivity index (χ3n) is 6.21. The van der Waals surface area contributed by atoms with Gasteiger partial charge in [-0.1, -0.05) is 12.1 Å². The van der Waals surface area contributed by atoms with Gasteiger partial charge in [0.15, 0.2) is 0 Å². The van der Waals surface area contributed by atoms with Crippen LogP contribution >= 0.6 is 11.8 Å². The number of likely N-dealkylation sites (tertiary alicyclic amines) is 1. The SMILES string of the molecule is Fc1ccc(C2(CN3CCC(N4CCSCC4)CC3)CCOC2)cc1. The number of rotatable bonds is 4. The summed E-state index contributed by atoms with van der Waals surface area (Å²) in [6.45, 7) is 7.52. The molecule has 3 fully saturated rings. The Morgan fingerprint density at radius 3 is 2.44 bits per heavy atom. The third-order valence-corrected chi connectivity index (χ3v) is 7.15. The smallest absolute Gasteiger partial charge is 0.123 e. The van der Waals surface area contributed by atoms with E-state index in [1.807, 2.05) is 12.1 Å². The Morgan fingerprint density at radius 1 is 1.08 bits per heavy atom. The lowest BCUT2D eigenvalue weighted by Crippen LogP contribution is -2.50. The number of nitrogens with zero attached hydrogens (tertiary/aromatic N) is 2. The Morgan fingerprint density at radius 2 is 1.80 bits per heavy atom. The van der Waals surface area contributed by atoms with Crippen LogP contribution in [0.4, 0.5) is 4.39 Å². The quantitative estimate of drug-likeness (QED) is 0.816. The van der Waals surface area contributed by atoms with Crippen LogP contribution in [-0.2, 0) is 10.2 Å². The van der Waals surface area contributed by atoms with E-state index < -0.39 is 0 Å². The van der Waals surface area contributed by atoms with Gasteiger partial charge in [-0.15, -0.1) is 0 Å². The van der Waals surface area contributed by atoms with Crippen LogP contribution in [0.1, 0.15) is 24.8 Å². The van der Waals surface area contributed by atoms with Gasteiger partial charge in [0.2, 0.25) is 0 Å². The van der Waals surface area contributed by atoms with Crippen LogP contribution in [0.15, 0.2) is 24.3 Å². The van der Waals surface area contributed by atoms with Crippen molar-refractivity contribution in [2.75, 3.05) is 57.4 Å². The predicted octanol–water partition coefficient (Wildman–Crippen LogP) is 3.00. The topological polar surface area (TPSA) is 15.7 Å². The highest BCUT2D eigenvalue weighted by Gasteiger charge is 2.39. The molecule has 0 aromatic heterocycles. The van der Waals surface area contributed by atoms with E-state index in [9.17, 15) is 4.39 Å². The minimum Gasteiger partial charge on any atom is -0.380 e. The van der Waals surface area contributed by atoms with Crippen molar-refractivity contribution in [2.45, 2.75) is 30.7 Å². The molecule has 3 aliphatic rings. The molecule has 1 aromatic carbocycles. The summed E-state index contributed by atoms with van der Waals surface area (Å²) in [5.74, 6) is 2.44. The number of hydrogen-bond donors (Lipinski definition) is 0. The Labute approximate surface area is 154 Å². The molecular formula is C20H29FN2OS. The van der Waals surface area contributed by atoms with E-state index in [2.05, 4.69) is 21.6 Å². The van der Waals surface area contributed by atoms with Crippen LogP contribution in [0.5, 0.6) is 0 Å². The molecule has 3 aliphatic heterocycles. The van der Waals surface area contributed by atoms with E-state index >= 15 is 0 Å². The minimum atomic E-state index is -0.154. The summed E-state index contributed by atoms with van der Waals surface area (Å²) < 4.78 is 19.1. The number of piperidine rings is 1. The van der Waals surface area contributed by atoms with E-state index in [1.54, 1.807) is 12.1 Å². The first kappa shape index (κ1) is 17.8. The zero-order chi connectivity index (χ0) is 17.1. The van der Waals surface area contributed by atoms with E-state index in [0.29, 0.717) is 0 Å². The molecule has 0 radical (unpaired) electrons. The zero-order valence-corrected chi connectivity index (χ0v) is 15.8. The van der Waals surface area contributed by atoms with Crippen molar-refractivity contribution in [3.8, 4) is 0 Å². The lowest BCUT2D eigenvalue weighted by molar-refractivity contribution is 0.0927. The van der Waals surface area contributed by atoms with Crippen LogP contribution in [0.25, 0.3) is 0 Å². The number of thioether (sulfide) groups is 1. The molecule has 0 N–H and O–H groups in total. The van der Waals surface area contributed by atoms with Crippen LogP contribution in [0.3, 0.4) is 0 Å². The van der Waals surface area contributed by atoms with Gasteiger partial charge < -0.3 is 9.64 Å². The monoisotopic (exact) mass is 364 g/mol. The summed E-state index contributed by atoms with van der Waals surface area (Å²) in [6, 6.07) is 7.88. The van der Waals surface area contributed by atoms with Crippen LogP contribution in [0, 0.1) is 5.82 Å². The first-order valence-corrected chi connectivity index (χ1v) is 10.8. The third kappa shape index (κ3) is 4.05. The molecule has 0 bridgehead atoms. The molecule has 5 heteroatoms. The number of halogens is 1. The fourth-order valence-corrected chi connectivity index (χ4v) is 5.60. The average Bonchev–Trinajstić information content (AvgIpc) is 3.13. The maximum atomic E-state index is 13.3. The first-order chi connectivity index (χ1) is 12.3. The summed E-state index contributed by atoms with van der Waals surface area (Å²) in [6.07, 6.45) is 3.61. The Hall–Kier alpha value is -0.620. The Kier molecular flexibility index (Phi) is 5.65. The van der Waals surface area contributed by atoms with Gasteiger partial charge in [-0.25, -0.2) is 4.39 Å². The van der Waals surface area contributed by atoms with E-state index in [1.165, 1.54) is 56.1 Å². The second-order valence-electron chi connectivity index (χ2n) is 7.75. The van der Waals surface area contributed by atoms with Crippen molar-refractivity contribution in [2.24, 2.45) is 0 Å². The highest BCUT2D eigenvalue weighted by molar-refractivity contribution is 7.99. The van der Waals surface area contributed by atoms with E-state index in [-0.39, 0.29) is 11.2 Å². The number of benzene rings is 1. The average molecular weight is 365 g/mol. The lowest BCUT2D eigenvalue weighted by atomic mass is 9.79. The molecule has 1 aromatic rings. The van der Waals surface area contributed by atoms with Crippen molar-refractivity contribution in [3.63, 3.8) is 0 Å². The van der Waals surface area contributed by atoms with Gasteiger partial charge in [0, 0.05) is 49.2 Å². The molecule has 3 nitrogen and oxygen atoms in total. The molecular weight excluding hydrogens is 335 g/mol. The highest BCUT2D eigenvalue weighted by atomic mass is 32.2. The molecule has 0 spiro atoms. The van der Waals surface area contributed by atoms with Gasteiger partial charge >= 0.3 is 0 Å². The fraction of sp³-hybridized carbons (Fsp3) is 0.700. The maximum absolute atomic E-state index is 13.3. The summed E-state index contributed by atoms with van der Waals surface area (Å²) in [5.41, 5.74) is 1.28. The molecule has 0 saturated carbocycles. The number of hydrogen-bond acceptors (Lipinski definition) is 4. The van der Waals surface area contributed by atoms with Gasteiger partial charge in [-0.05, 0) is 50.0 Å². The van der Waals surface area contributed by atoms with Gasteiger partial charge in [-0.3, -0.25) is 4.90 Å². The van der Waals surface area contributed by atoms with Gasteiger partial charge in [0.1, 0.15) is 5.82 Å². The first-order valence-electron chi connectivity index (χ1n) is 9.63. The van der Waals surface area contributed by atoms with Crippen LogP contribution in [-0.4, -0.2) is 73.3 Å². The maximum Gasteiger partial charge on any atom is 0.123 e. The van der Waals surface area contributed by atoms with Crippen LogP contribution < -0.4 is 0 Å². The summed E-state index contributed by atoms with van der Waals surface area (Å²) in [7, 11) is 0. The highest BCUT2D eigenvalue weighted by Crippen LogP contribution is 2.35. The Balaban J connectivity index is 1.38. The fourth-order valence-electron chi connectivity index (χ4n) is 4.67. The molecule has 1 unspecified atom stereocenters.